The number of nitro benzene ring substituents is 1. The summed E-state index contributed by atoms with van der Waals surface area (Å²) in [4.78, 5) is 24.2. The molecule has 6 heteroatoms. The van der Waals surface area contributed by atoms with E-state index >= 15 is 0 Å². The molecule has 5 nitrogen and oxygen atoms in total. The maximum Gasteiger partial charge on any atom is 0.276 e. The summed E-state index contributed by atoms with van der Waals surface area (Å²) in [5, 5.41) is 10.9. The summed E-state index contributed by atoms with van der Waals surface area (Å²) in [7, 11) is 0. The zero-order valence-corrected chi connectivity index (χ0v) is 10.3. The Kier molecular flexibility index (Phi) is 3.57. The summed E-state index contributed by atoms with van der Waals surface area (Å²) in [5.74, 6) is 0. The van der Waals surface area contributed by atoms with Crippen LogP contribution >= 0.6 is 15.9 Å². The molecule has 1 rings (SSSR count). The minimum Gasteiger partial charge on any atom is -0.258 e. The lowest BCUT2D eigenvalue weighted by Crippen LogP contribution is -2.15. The van der Waals surface area contributed by atoms with E-state index in [1.807, 2.05) is 0 Å². The van der Waals surface area contributed by atoms with Gasteiger partial charge in [-0.3, -0.25) is 10.1 Å². The Hall–Kier alpha value is -1.52. The Bertz CT molecular complexity index is 479. The first-order valence-electron chi connectivity index (χ1n) is 4.42. The number of hydrogen-bond acceptors (Lipinski definition) is 4. The Balaban J connectivity index is 3.44. The third-order valence-corrected chi connectivity index (χ3v) is 2.63. The first kappa shape index (κ1) is 12.5. The molecule has 0 saturated heterocycles. The van der Waals surface area contributed by atoms with Crippen molar-refractivity contribution in [3.63, 3.8) is 0 Å². The van der Waals surface area contributed by atoms with Crippen LogP contribution in [-0.4, -0.2) is 11.0 Å². The van der Waals surface area contributed by atoms with Gasteiger partial charge in [0.05, 0.1) is 16.0 Å². The van der Waals surface area contributed by atoms with E-state index in [1.54, 1.807) is 26.0 Å². The van der Waals surface area contributed by atoms with Gasteiger partial charge in [-0.05, 0) is 26.0 Å². The predicted octanol–water partition coefficient (Wildman–Crippen LogP) is 2.93. The van der Waals surface area contributed by atoms with Gasteiger partial charge in [-0.25, -0.2) is 4.79 Å². The molecule has 1 aromatic carbocycles. The molecular formula is C10H9BrN2O3. The fourth-order valence-corrected chi connectivity index (χ4v) is 1.70. The summed E-state index contributed by atoms with van der Waals surface area (Å²) in [6.45, 7) is 3.24. The van der Waals surface area contributed by atoms with Crippen LogP contribution in [0.1, 0.15) is 19.4 Å². The van der Waals surface area contributed by atoms with Crippen molar-refractivity contribution in [2.75, 3.05) is 0 Å². The summed E-state index contributed by atoms with van der Waals surface area (Å²) in [6.07, 6.45) is 1.43. The number of rotatable bonds is 3. The summed E-state index contributed by atoms with van der Waals surface area (Å²) in [6, 6.07) is 4.63. The van der Waals surface area contributed by atoms with Crippen molar-refractivity contribution in [2.24, 2.45) is 4.99 Å². The Morgan fingerprint density at radius 2 is 2.12 bits per heavy atom. The largest absolute Gasteiger partial charge is 0.276 e. The molecule has 0 aliphatic carbocycles. The molecule has 0 aliphatic heterocycles. The number of hydrogen-bond donors (Lipinski definition) is 0. The molecule has 0 amide bonds. The van der Waals surface area contributed by atoms with E-state index in [2.05, 4.69) is 20.9 Å². The molecule has 0 spiro atoms. The maximum atomic E-state index is 10.9. The number of aliphatic imine (C=N–C) groups is 1. The van der Waals surface area contributed by atoms with Gasteiger partial charge in [0.1, 0.15) is 0 Å². The van der Waals surface area contributed by atoms with Crippen LogP contribution in [0, 0.1) is 10.1 Å². The van der Waals surface area contributed by atoms with E-state index < -0.39 is 10.5 Å². The highest BCUT2D eigenvalue weighted by atomic mass is 79.9. The molecule has 0 aliphatic rings. The molecular weight excluding hydrogens is 276 g/mol. The van der Waals surface area contributed by atoms with Gasteiger partial charge >= 0.3 is 0 Å². The first-order chi connectivity index (χ1) is 7.38. The van der Waals surface area contributed by atoms with Gasteiger partial charge in [-0.1, -0.05) is 15.9 Å². The topological polar surface area (TPSA) is 72.6 Å². The van der Waals surface area contributed by atoms with Crippen LogP contribution < -0.4 is 0 Å². The number of isocyanates is 1. The third-order valence-electron chi connectivity index (χ3n) is 2.14. The van der Waals surface area contributed by atoms with Gasteiger partial charge < -0.3 is 0 Å². The molecule has 0 saturated carbocycles. The van der Waals surface area contributed by atoms with E-state index in [4.69, 9.17) is 0 Å². The first-order valence-corrected chi connectivity index (χ1v) is 5.21. The van der Waals surface area contributed by atoms with Gasteiger partial charge in [-0.15, -0.1) is 0 Å². The number of benzene rings is 1. The zero-order chi connectivity index (χ0) is 12.3. The summed E-state index contributed by atoms with van der Waals surface area (Å²) >= 11 is 3.16. The van der Waals surface area contributed by atoms with Crippen LogP contribution in [0.25, 0.3) is 0 Å². The lowest BCUT2D eigenvalue weighted by molar-refractivity contribution is -0.386. The number of nitro groups is 1. The van der Waals surface area contributed by atoms with Crippen molar-refractivity contribution in [1.29, 1.82) is 0 Å². The number of nitrogens with zero attached hydrogens (tertiary/aromatic N) is 2. The van der Waals surface area contributed by atoms with Gasteiger partial charge in [0.25, 0.3) is 5.69 Å². The second-order valence-electron chi connectivity index (χ2n) is 3.68. The zero-order valence-electron chi connectivity index (χ0n) is 8.73. The van der Waals surface area contributed by atoms with E-state index in [9.17, 15) is 14.9 Å². The van der Waals surface area contributed by atoms with Crippen molar-refractivity contribution in [1.82, 2.24) is 0 Å². The number of halogens is 1. The van der Waals surface area contributed by atoms with E-state index in [1.165, 1.54) is 12.1 Å². The highest BCUT2D eigenvalue weighted by Gasteiger charge is 2.28. The molecule has 0 aromatic heterocycles. The van der Waals surface area contributed by atoms with Gasteiger partial charge in [0.2, 0.25) is 6.08 Å². The van der Waals surface area contributed by atoms with Crippen LogP contribution in [0.3, 0.4) is 0 Å². The molecule has 0 radical (unpaired) electrons. The summed E-state index contributed by atoms with van der Waals surface area (Å²) < 4.78 is 0.605. The lowest BCUT2D eigenvalue weighted by Gasteiger charge is -2.17. The number of carbonyl (C=O) groups excluding carboxylic acids is 1. The van der Waals surface area contributed by atoms with E-state index in [-0.39, 0.29) is 5.69 Å². The minimum atomic E-state index is -0.954. The van der Waals surface area contributed by atoms with Crippen LogP contribution in [0.2, 0.25) is 0 Å². The molecule has 84 valence electrons. The van der Waals surface area contributed by atoms with Crippen LogP contribution in [0.4, 0.5) is 5.69 Å². The molecule has 1 aromatic rings. The van der Waals surface area contributed by atoms with Crippen molar-refractivity contribution in [3.05, 3.63) is 38.3 Å². The van der Waals surface area contributed by atoms with Crippen LogP contribution in [0.5, 0.6) is 0 Å². The third kappa shape index (κ3) is 2.53. The van der Waals surface area contributed by atoms with Crippen molar-refractivity contribution in [3.8, 4) is 0 Å². The van der Waals surface area contributed by atoms with Gasteiger partial charge in [0.15, 0.2) is 0 Å². The quantitative estimate of drug-likeness (QED) is 0.371. The molecule has 0 bridgehead atoms. The average molecular weight is 285 g/mol. The normalized spacial score (nSPS) is 10.7. The van der Waals surface area contributed by atoms with Crippen molar-refractivity contribution < 1.29 is 9.72 Å². The van der Waals surface area contributed by atoms with Crippen molar-refractivity contribution in [2.45, 2.75) is 19.4 Å². The highest BCUT2D eigenvalue weighted by Crippen LogP contribution is 2.34. The Morgan fingerprint density at radius 3 is 2.62 bits per heavy atom. The molecule has 0 atom stereocenters. The van der Waals surface area contributed by atoms with Gasteiger partial charge in [0, 0.05) is 10.5 Å². The average Bonchev–Trinajstić information content (AvgIpc) is 2.16. The SMILES string of the molecule is CC(C)(N=C=O)c1ccc(Br)cc1[N+](=O)[O-]. The predicted molar refractivity (Wildman–Crippen MR) is 61.9 cm³/mol. The second-order valence-corrected chi connectivity index (χ2v) is 4.60. The fraction of sp³-hybridized carbons (Fsp3) is 0.300. The van der Waals surface area contributed by atoms with Crippen LogP contribution in [-0.2, 0) is 10.3 Å². The minimum absolute atomic E-state index is 0.0709. The van der Waals surface area contributed by atoms with E-state index in [0.29, 0.717) is 10.0 Å². The smallest absolute Gasteiger partial charge is 0.258 e. The van der Waals surface area contributed by atoms with E-state index in [0.717, 1.165) is 0 Å². The lowest BCUT2D eigenvalue weighted by atomic mass is 9.93. The molecule has 0 unspecified atom stereocenters. The standard InChI is InChI=1S/C10H9BrN2O3/c1-10(2,12-6-14)8-4-3-7(11)5-9(8)13(15)16/h3-5H,1-2H3. The highest BCUT2D eigenvalue weighted by molar-refractivity contribution is 9.10. The molecule has 0 N–H and O–H groups in total. The second kappa shape index (κ2) is 4.55. The Labute approximate surface area is 100 Å². The van der Waals surface area contributed by atoms with Gasteiger partial charge in [-0.2, -0.15) is 4.99 Å². The molecule has 0 heterocycles. The van der Waals surface area contributed by atoms with Crippen LogP contribution in [0.15, 0.2) is 27.7 Å². The fourth-order valence-electron chi connectivity index (χ4n) is 1.35. The Morgan fingerprint density at radius 1 is 1.50 bits per heavy atom. The maximum absolute atomic E-state index is 10.9. The van der Waals surface area contributed by atoms with Crippen molar-refractivity contribution >= 4 is 27.7 Å². The summed E-state index contributed by atoms with van der Waals surface area (Å²) in [5.41, 5.74) is -0.646. The molecule has 16 heavy (non-hydrogen) atoms. The molecule has 0 fully saturated rings. The monoisotopic (exact) mass is 284 g/mol.